The maximum atomic E-state index is 6.02. The highest BCUT2D eigenvalue weighted by Gasteiger charge is 2.40. The molecule has 1 aliphatic carbocycles. The van der Waals surface area contributed by atoms with Gasteiger partial charge in [-0.2, -0.15) is 5.10 Å². The van der Waals surface area contributed by atoms with Gasteiger partial charge in [-0.3, -0.25) is 0 Å². The molecule has 13 heavy (non-hydrogen) atoms. The molecule has 4 heteroatoms. The van der Waals surface area contributed by atoms with E-state index in [1.165, 1.54) is 0 Å². The number of aromatic nitrogens is 2. The fraction of sp³-hybridized carbons (Fsp3) is 0.667. The monoisotopic (exact) mass is 181 g/mol. The van der Waals surface area contributed by atoms with E-state index in [-0.39, 0.29) is 5.54 Å². The van der Waals surface area contributed by atoms with Crippen molar-refractivity contribution in [2.24, 2.45) is 5.73 Å². The van der Waals surface area contributed by atoms with Gasteiger partial charge in [0.1, 0.15) is 6.73 Å². The molecule has 1 heterocycles. The van der Waals surface area contributed by atoms with E-state index in [0.717, 1.165) is 18.4 Å². The summed E-state index contributed by atoms with van der Waals surface area (Å²) in [5.41, 5.74) is 7.07. The normalized spacial score (nSPS) is 18.9. The molecule has 0 aromatic carbocycles. The summed E-state index contributed by atoms with van der Waals surface area (Å²) in [4.78, 5) is 0. The van der Waals surface area contributed by atoms with E-state index in [1.807, 2.05) is 19.3 Å². The molecule has 1 aromatic rings. The van der Waals surface area contributed by atoms with Crippen LogP contribution in [0, 0.1) is 0 Å². The molecule has 2 N–H and O–H groups in total. The number of rotatable bonds is 4. The van der Waals surface area contributed by atoms with Gasteiger partial charge in [-0.15, -0.1) is 0 Å². The van der Waals surface area contributed by atoms with Crippen LogP contribution in [0.1, 0.15) is 25.3 Å². The Hall–Kier alpha value is -0.870. The van der Waals surface area contributed by atoms with Crippen LogP contribution in [0.4, 0.5) is 0 Å². The lowest BCUT2D eigenvalue weighted by Crippen LogP contribution is -2.17. The second-order valence-electron chi connectivity index (χ2n) is 3.55. The van der Waals surface area contributed by atoms with E-state index < -0.39 is 0 Å². The second kappa shape index (κ2) is 3.12. The van der Waals surface area contributed by atoms with Gasteiger partial charge < -0.3 is 10.5 Å². The Labute approximate surface area is 77.7 Å². The third-order valence-electron chi connectivity index (χ3n) is 2.42. The highest BCUT2D eigenvalue weighted by molar-refractivity contribution is 5.24. The molecular formula is C9H15N3O. The number of ether oxygens (including phenoxy) is 1. The molecule has 4 nitrogen and oxygen atoms in total. The van der Waals surface area contributed by atoms with E-state index >= 15 is 0 Å². The zero-order valence-corrected chi connectivity index (χ0v) is 7.86. The van der Waals surface area contributed by atoms with Crippen molar-refractivity contribution in [2.75, 3.05) is 6.61 Å². The standard InChI is InChI=1S/C9H15N3O/c1-2-13-7-12-6-8(5-11-12)9(10)3-4-9/h5-6H,2-4,7,10H2,1H3. The molecule has 0 unspecified atom stereocenters. The van der Waals surface area contributed by atoms with Gasteiger partial charge in [-0.25, -0.2) is 4.68 Å². The number of hydrogen-bond donors (Lipinski definition) is 1. The van der Waals surface area contributed by atoms with E-state index in [0.29, 0.717) is 13.3 Å². The van der Waals surface area contributed by atoms with Crippen LogP contribution in [0.15, 0.2) is 12.4 Å². The van der Waals surface area contributed by atoms with Crippen molar-refractivity contribution < 1.29 is 4.74 Å². The van der Waals surface area contributed by atoms with E-state index in [1.54, 1.807) is 4.68 Å². The highest BCUT2D eigenvalue weighted by atomic mass is 16.5. The van der Waals surface area contributed by atoms with Gasteiger partial charge in [-0.1, -0.05) is 0 Å². The summed E-state index contributed by atoms with van der Waals surface area (Å²) < 4.78 is 7.01. The van der Waals surface area contributed by atoms with Crippen LogP contribution in [-0.4, -0.2) is 16.4 Å². The van der Waals surface area contributed by atoms with Gasteiger partial charge in [0, 0.05) is 23.9 Å². The third-order valence-corrected chi connectivity index (χ3v) is 2.42. The van der Waals surface area contributed by atoms with E-state index in [2.05, 4.69) is 5.10 Å². The zero-order chi connectivity index (χ0) is 9.31. The lowest BCUT2D eigenvalue weighted by molar-refractivity contribution is 0.0791. The minimum absolute atomic E-state index is 0.0789. The second-order valence-corrected chi connectivity index (χ2v) is 3.55. The predicted molar refractivity (Wildman–Crippen MR) is 49.0 cm³/mol. The van der Waals surface area contributed by atoms with Gasteiger partial charge in [0.15, 0.2) is 0 Å². The molecule has 1 fully saturated rings. The van der Waals surface area contributed by atoms with Crippen molar-refractivity contribution in [1.29, 1.82) is 0 Å². The quantitative estimate of drug-likeness (QED) is 0.748. The first-order valence-corrected chi connectivity index (χ1v) is 4.64. The van der Waals surface area contributed by atoms with Crippen LogP contribution >= 0.6 is 0 Å². The summed E-state index contributed by atoms with van der Waals surface area (Å²) in [7, 11) is 0. The van der Waals surface area contributed by atoms with Gasteiger partial charge in [0.25, 0.3) is 0 Å². The van der Waals surface area contributed by atoms with Crippen molar-refractivity contribution in [3.8, 4) is 0 Å². The van der Waals surface area contributed by atoms with Gasteiger partial charge in [0.05, 0.1) is 6.20 Å². The molecule has 0 aliphatic heterocycles. The summed E-state index contributed by atoms with van der Waals surface area (Å²) in [5.74, 6) is 0. The fourth-order valence-electron chi connectivity index (χ4n) is 1.30. The van der Waals surface area contributed by atoms with Gasteiger partial charge >= 0.3 is 0 Å². The summed E-state index contributed by atoms with van der Waals surface area (Å²) in [6.07, 6.45) is 5.97. The van der Waals surface area contributed by atoms with Crippen molar-refractivity contribution in [3.63, 3.8) is 0 Å². The van der Waals surface area contributed by atoms with E-state index in [4.69, 9.17) is 10.5 Å². The number of nitrogens with two attached hydrogens (primary N) is 1. The molecule has 0 radical (unpaired) electrons. The summed E-state index contributed by atoms with van der Waals surface area (Å²) in [5, 5.41) is 4.17. The predicted octanol–water partition coefficient (Wildman–Crippen LogP) is 0.825. The molecule has 0 saturated heterocycles. The molecule has 72 valence electrons. The summed E-state index contributed by atoms with van der Waals surface area (Å²) in [6, 6.07) is 0. The SMILES string of the molecule is CCOCn1cc(C2(N)CC2)cn1. The van der Waals surface area contributed by atoms with Crippen LogP contribution < -0.4 is 5.73 Å². The molecule has 1 saturated carbocycles. The Balaban J connectivity index is 2.01. The average molecular weight is 181 g/mol. The lowest BCUT2D eigenvalue weighted by Gasteiger charge is -2.03. The fourth-order valence-corrected chi connectivity index (χ4v) is 1.30. The first kappa shape index (κ1) is 8.72. The molecule has 0 amide bonds. The molecule has 0 bridgehead atoms. The third kappa shape index (κ3) is 1.73. The average Bonchev–Trinajstić information content (AvgIpc) is 2.69. The summed E-state index contributed by atoms with van der Waals surface area (Å²) >= 11 is 0. The minimum Gasteiger partial charge on any atom is -0.360 e. The zero-order valence-electron chi connectivity index (χ0n) is 7.86. The van der Waals surface area contributed by atoms with Crippen LogP contribution in [0.25, 0.3) is 0 Å². The molecular weight excluding hydrogens is 166 g/mol. The summed E-state index contributed by atoms with van der Waals surface area (Å²) in [6.45, 7) is 3.20. The maximum absolute atomic E-state index is 6.02. The van der Waals surface area contributed by atoms with Gasteiger partial charge in [-0.05, 0) is 19.8 Å². The number of hydrogen-bond acceptors (Lipinski definition) is 3. The Bertz CT molecular complexity index is 291. The first-order chi connectivity index (χ1) is 6.24. The van der Waals surface area contributed by atoms with Crippen LogP contribution in [0.2, 0.25) is 0 Å². The molecule has 2 rings (SSSR count). The Morgan fingerprint density at radius 2 is 2.46 bits per heavy atom. The minimum atomic E-state index is -0.0789. The van der Waals surface area contributed by atoms with E-state index in [9.17, 15) is 0 Å². The van der Waals surface area contributed by atoms with Crippen LogP contribution in [-0.2, 0) is 17.0 Å². The lowest BCUT2D eigenvalue weighted by atomic mass is 10.1. The Morgan fingerprint density at radius 3 is 3.08 bits per heavy atom. The first-order valence-electron chi connectivity index (χ1n) is 4.64. The maximum Gasteiger partial charge on any atom is 0.139 e. The molecule has 1 aromatic heterocycles. The number of nitrogens with zero attached hydrogens (tertiary/aromatic N) is 2. The molecule has 1 aliphatic rings. The van der Waals surface area contributed by atoms with Crippen molar-refractivity contribution >= 4 is 0 Å². The molecule has 0 spiro atoms. The largest absolute Gasteiger partial charge is 0.360 e. The van der Waals surface area contributed by atoms with Crippen molar-refractivity contribution in [1.82, 2.24) is 9.78 Å². The Morgan fingerprint density at radius 1 is 1.69 bits per heavy atom. The molecule has 0 atom stereocenters. The van der Waals surface area contributed by atoms with Crippen molar-refractivity contribution in [3.05, 3.63) is 18.0 Å². The van der Waals surface area contributed by atoms with Crippen molar-refractivity contribution in [2.45, 2.75) is 32.0 Å². The topological polar surface area (TPSA) is 53.1 Å². The van der Waals surface area contributed by atoms with Crippen LogP contribution in [0.3, 0.4) is 0 Å². The smallest absolute Gasteiger partial charge is 0.139 e. The highest BCUT2D eigenvalue weighted by Crippen LogP contribution is 2.42. The Kier molecular flexibility index (Phi) is 2.09. The van der Waals surface area contributed by atoms with Crippen LogP contribution in [0.5, 0.6) is 0 Å². The van der Waals surface area contributed by atoms with Gasteiger partial charge in [0.2, 0.25) is 0 Å².